The van der Waals surface area contributed by atoms with Crippen molar-refractivity contribution in [3.8, 4) is 11.3 Å². The van der Waals surface area contributed by atoms with Gasteiger partial charge in [0.1, 0.15) is 11.5 Å². The molecule has 0 saturated carbocycles. The summed E-state index contributed by atoms with van der Waals surface area (Å²) in [5.74, 6) is -0.368. The van der Waals surface area contributed by atoms with E-state index in [1.54, 1.807) is 18.2 Å². The van der Waals surface area contributed by atoms with E-state index in [4.69, 9.17) is 0 Å². The van der Waals surface area contributed by atoms with Gasteiger partial charge in [0.2, 0.25) is 0 Å². The van der Waals surface area contributed by atoms with Crippen LogP contribution in [0.3, 0.4) is 0 Å². The molecule has 1 amide bonds. The lowest BCUT2D eigenvalue weighted by Gasteiger charge is -2.22. The number of amides is 1. The Morgan fingerprint density at radius 2 is 1.84 bits per heavy atom. The van der Waals surface area contributed by atoms with Crippen LogP contribution in [-0.2, 0) is 25.9 Å². The van der Waals surface area contributed by atoms with Gasteiger partial charge in [0.15, 0.2) is 5.82 Å². The number of rotatable bonds is 5. The van der Waals surface area contributed by atoms with Crippen LogP contribution in [0.4, 0.5) is 21.6 Å². The highest BCUT2D eigenvalue weighted by molar-refractivity contribution is 6.04. The number of carbonyl (C=O) groups is 1. The molecule has 4 aromatic rings. The van der Waals surface area contributed by atoms with Crippen molar-refractivity contribution in [3.63, 3.8) is 0 Å². The number of halogens is 1. The topological polar surface area (TPSA) is 108 Å². The third-order valence-corrected chi connectivity index (χ3v) is 7.18. The van der Waals surface area contributed by atoms with E-state index in [2.05, 4.69) is 37.9 Å². The second-order valence-corrected chi connectivity index (χ2v) is 9.94. The summed E-state index contributed by atoms with van der Waals surface area (Å²) in [5, 5.41) is 17.0. The van der Waals surface area contributed by atoms with Crippen molar-refractivity contribution in [2.24, 2.45) is 0 Å². The molecule has 0 spiro atoms. The van der Waals surface area contributed by atoms with Gasteiger partial charge in [-0.25, -0.2) is 9.49 Å². The molecule has 1 aliphatic heterocycles. The summed E-state index contributed by atoms with van der Waals surface area (Å²) in [6.07, 6.45) is 4.25. The Morgan fingerprint density at radius 3 is 2.71 bits per heavy atom. The first-order chi connectivity index (χ1) is 18.4. The fraction of sp³-hybridized carbons (Fsp3) is 0.286. The second kappa shape index (κ2) is 9.86. The average molecular weight is 514 g/mol. The third-order valence-electron chi connectivity index (χ3n) is 7.18. The molecule has 0 unspecified atom stereocenters. The molecule has 10 heteroatoms. The van der Waals surface area contributed by atoms with Gasteiger partial charge in [-0.1, -0.05) is 6.07 Å². The van der Waals surface area contributed by atoms with Gasteiger partial charge in [0.05, 0.1) is 23.6 Å². The first kappa shape index (κ1) is 24.1. The Bertz CT molecular complexity index is 1590. The van der Waals surface area contributed by atoms with E-state index in [1.165, 1.54) is 23.3 Å². The van der Waals surface area contributed by atoms with Crippen LogP contribution in [0.15, 0.2) is 53.3 Å². The lowest BCUT2D eigenvalue weighted by atomic mass is 9.90. The number of hydrogen-bond donors (Lipinski definition) is 3. The van der Waals surface area contributed by atoms with E-state index in [-0.39, 0.29) is 17.3 Å². The monoisotopic (exact) mass is 513 g/mol. The van der Waals surface area contributed by atoms with Crippen molar-refractivity contribution in [1.82, 2.24) is 24.9 Å². The maximum Gasteiger partial charge on any atom is 0.287 e. The van der Waals surface area contributed by atoms with Crippen molar-refractivity contribution in [3.05, 3.63) is 87.1 Å². The molecule has 3 heterocycles. The molecule has 194 valence electrons. The van der Waals surface area contributed by atoms with Gasteiger partial charge in [0, 0.05) is 30.3 Å². The van der Waals surface area contributed by atoms with E-state index >= 15 is 0 Å². The Labute approximate surface area is 218 Å². The molecule has 0 bridgehead atoms. The summed E-state index contributed by atoms with van der Waals surface area (Å²) < 4.78 is 16.6. The molecule has 2 aliphatic rings. The van der Waals surface area contributed by atoms with Gasteiger partial charge in [-0.05, 0) is 80.3 Å². The molecular weight excluding hydrogens is 485 g/mol. The van der Waals surface area contributed by atoms with Gasteiger partial charge < -0.3 is 10.6 Å². The highest BCUT2D eigenvalue weighted by Crippen LogP contribution is 2.27. The summed E-state index contributed by atoms with van der Waals surface area (Å²) in [6, 6.07) is 13.5. The molecule has 6 rings (SSSR count). The van der Waals surface area contributed by atoms with Gasteiger partial charge in [-0.15, -0.1) is 0 Å². The Balaban J connectivity index is 1.24. The van der Waals surface area contributed by atoms with Crippen LogP contribution in [0.2, 0.25) is 0 Å². The Kier molecular flexibility index (Phi) is 6.24. The normalized spacial score (nSPS) is 15.0. The number of aromatic nitrogens is 4. The lowest BCUT2D eigenvalue weighted by Crippen LogP contribution is -2.30. The Morgan fingerprint density at radius 1 is 1.00 bits per heavy atom. The summed E-state index contributed by atoms with van der Waals surface area (Å²) in [7, 11) is 2.05. The SMILES string of the molecule is CN1CCn2nc(Nc3cc(-c4ccc(F)c(NC(=O)c5ccc6c(c5)CCCC6)c4)n[nH]c3=O)cc2C1. The van der Waals surface area contributed by atoms with Crippen molar-refractivity contribution in [2.45, 2.75) is 38.8 Å². The van der Waals surface area contributed by atoms with Crippen LogP contribution in [0.1, 0.15) is 40.0 Å². The third kappa shape index (κ3) is 4.82. The number of hydrogen-bond acceptors (Lipinski definition) is 6. The maximum absolute atomic E-state index is 14.7. The number of anilines is 3. The summed E-state index contributed by atoms with van der Waals surface area (Å²) >= 11 is 0. The number of H-pyrrole nitrogens is 1. The molecule has 0 saturated heterocycles. The van der Waals surface area contributed by atoms with E-state index in [1.807, 2.05) is 22.9 Å². The number of nitrogens with zero attached hydrogens (tertiary/aromatic N) is 4. The summed E-state index contributed by atoms with van der Waals surface area (Å²) in [6.45, 7) is 2.47. The van der Waals surface area contributed by atoms with E-state index in [0.717, 1.165) is 51.0 Å². The van der Waals surface area contributed by atoms with Gasteiger partial charge >= 0.3 is 0 Å². The predicted octanol–water partition coefficient (Wildman–Crippen LogP) is 4.09. The summed E-state index contributed by atoms with van der Waals surface area (Å²) in [5.41, 5.74) is 4.88. The molecule has 0 radical (unpaired) electrons. The fourth-order valence-corrected chi connectivity index (χ4v) is 5.09. The number of aromatic amines is 1. The molecule has 2 aromatic carbocycles. The minimum Gasteiger partial charge on any atom is -0.334 e. The van der Waals surface area contributed by atoms with E-state index in [0.29, 0.717) is 22.6 Å². The van der Waals surface area contributed by atoms with Gasteiger partial charge in [0.25, 0.3) is 11.5 Å². The lowest BCUT2D eigenvalue weighted by molar-refractivity contribution is 0.102. The number of carbonyl (C=O) groups excluding carboxylic acids is 1. The largest absolute Gasteiger partial charge is 0.334 e. The van der Waals surface area contributed by atoms with Crippen LogP contribution >= 0.6 is 0 Å². The van der Waals surface area contributed by atoms with Crippen molar-refractivity contribution < 1.29 is 9.18 Å². The standard InChI is InChI=1S/C28H28FN7O2/c1-35-10-11-36-21(16-35)14-26(34-36)30-25-15-23(32-33-28(25)38)19-8-9-22(29)24(13-19)31-27(37)20-7-6-17-4-2-3-5-18(17)12-20/h6-9,12-15H,2-5,10-11,16H2,1H3,(H,31,37)(H,33,38)(H,30,32,34). The van der Waals surface area contributed by atoms with Crippen LogP contribution in [-0.4, -0.2) is 44.4 Å². The number of likely N-dealkylation sites (N-methyl/N-ethyl adjacent to an activating group) is 1. The maximum atomic E-state index is 14.7. The molecule has 1 aliphatic carbocycles. The molecular formula is C28H28FN7O2. The molecule has 2 aromatic heterocycles. The minimum absolute atomic E-state index is 0.0404. The zero-order valence-electron chi connectivity index (χ0n) is 21.1. The molecule has 0 fully saturated rings. The highest BCUT2D eigenvalue weighted by Gasteiger charge is 2.18. The van der Waals surface area contributed by atoms with Crippen molar-refractivity contribution in [2.75, 3.05) is 24.2 Å². The van der Waals surface area contributed by atoms with Gasteiger partial charge in [-0.2, -0.15) is 10.2 Å². The number of benzene rings is 2. The quantitative estimate of drug-likeness (QED) is 0.371. The molecule has 9 nitrogen and oxygen atoms in total. The summed E-state index contributed by atoms with van der Waals surface area (Å²) in [4.78, 5) is 27.6. The minimum atomic E-state index is -0.559. The van der Waals surface area contributed by atoms with Crippen molar-refractivity contribution in [1.29, 1.82) is 0 Å². The first-order valence-corrected chi connectivity index (χ1v) is 12.8. The smallest absolute Gasteiger partial charge is 0.287 e. The first-order valence-electron chi connectivity index (χ1n) is 12.8. The van der Waals surface area contributed by atoms with Gasteiger partial charge in [-0.3, -0.25) is 19.2 Å². The number of fused-ring (bicyclic) bond motifs is 2. The highest BCUT2D eigenvalue weighted by atomic mass is 19.1. The second-order valence-electron chi connectivity index (χ2n) is 9.94. The van der Waals surface area contributed by atoms with E-state index < -0.39 is 11.4 Å². The Hall–Kier alpha value is -4.31. The average Bonchev–Trinajstić information content (AvgIpc) is 3.32. The van der Waals surface area contributed by atoms with Crippen LogP contribution in [0.25, 0.3) is 11.3 Å². The van der Waals surface area contributed by atoms with Crippen molar-refractivity contribution >= 4 is 23.1 Å². The molecule has 0 atom stereocenters. The molecule has 3 N–H and O–H groups in total. The molecule has 38 heavy (non-hydrogen) atoms. The van der Waals surface area contributed by atoms with Crippen LogP contribution in [0.5, 0.6) is 0 Å². The predicted molar refractivity (Wildman–Crippen MR) is 143 cm³/mol. The zero-order valence-corrected chi connectivity index (χ0v) is 21.1. The fourth-order valence-electron chi connectivity index (χ4n) is 5.09. The van der Waals surface area contributed by atoms with Crippen LogP contribution in [0, 0.1) is 5.82 Å². The zero-order chi connectivity index (χ0) is 26.2. The van der Waals surface area contributed by atoms with Crippen LogP contribution < -0.4 is 16.2 Å². The van der Waals surface area contributed by atoms with E-state index in [9.17, 15) is 14.0 Å². The number of nitrogens with one attached hydrogen (secondary N) is 3. The number of aryl methyl sites for hydroxylation is 2.